The maximum absolute atomic E-state index is 4.23. The van der Waals surface area contributed by atoms with Crippen molar-refractivity contribution < 1.29 is 0 Å². The summed E-state index contributed by atoms with van der Waals surface area (Å²) in [7, 11) is 0. The fourth-order valence-corrected chi connectivity index (χ4v) is 3.41. The molecule has 0 bridgehead atoms. The van der Waals surface area contributed by atoms with E-state index in [1.807, 2.05) is 0 Å². The monoisotopic (exact) mass is 261 g/mol. The molecular formula is C18H31N. The Bertz CT molecular complexity index is 367. The van der Waals surface area contributed by atoms with Crippen LogP contribution in [0.3, 0.4) is 0 Å². The molecule has 1 heteroatoms. The normalized spacial score (nSPS) is 19.8. The van der Waals surface area contributed by atoms with Gasteiger partial charge in [-0.1, -0.05) is 44.6 Å². The fourth-order valence-electron chi connectivity index (χ4n) is 3.41. The van der Waals surface area contributed by atoms with Crippen molar-refractivity contribution in [2.24, 2.45) is 5.41 Å². The van der Waals surface area contributed by atoms with Crippen molar-refractivity contribution in [2.75, 3.05) is 13.1 Å². The molecule has 0 amide bonds. The van der Waals surface area contributed by atoms with Crippen molar-refractivity contribution >= 4 is 0 Å². The molecule has 0 aromatic heterocycles. The highest BCUT2D eigenvalue weighted by molar-refractivity contribution is 5.46. The summed E-state index contributed by atoms with van der Waals surface area (Å²) in [5, 5.41) is 3.48. The molecule has 0 radical (unpaired) electrons. The molecule has 19 heavy (non-hydrogen) atoms. The lowest BCUT2D eigenvalue weighted by molar-refractivity contribution is 0.191. The lowest BCUT2D eigenvalue weighted by Crippen LogP contribution is -2.36. The highest BCUT2D eigenvalue weighted by Gasteiger charge is 2.30. The molecular weight excluding hydrogens is 230 g/mol. The van der Waals surface area contributed by atoms with Crippen LogP contribution in [0.1, 0.15) is 59.8 Å². The first-order chi connectivity index (χ1) is 8.95. The van der Waals surface area contributed by atoms with Gasteiger partial charge in [0.25, 0.3) is 0 Å². The Kier molecular flexibility index (Phi) is 6.06. The van der Waals surface area contributed by atoms with Gasteiger partial charge in [-0.2, -0.15) is 0 Å². The van der Waals surface area contributed by atoms with Crippen molar-refractivity contribution in [3.8, 4) is 0 Å². The zero-order chi connectivity index (χ0) is 14.5. The van der Waals surface area contributed by atoms with Crippen LogP contribution in [0.15, 0.2) is 35.5 Å². The smallest absolute Gasteiger partial charge is 0.00435 e. The van der Waals surface area contributed by atoms with E-state index in [1.54, 1.807) is 0 Å². The summed E-state index contributed by atoms with van der Waals surface area (Å²) in [5.41, 5.74) is 5.73. The van der Waals surface area contributed by atoms with Crippen molar-refractivity contribution in [3.63, 3.8) is 0 Å². The Hall–Kier alpha value is -0.820. The molecule has 0 aliphatic carbocycles. The highest BCUT2D eigenvalue weighted by Crippen LogP contribution is 2.40. The van der Waals surface area contributed by atoms with Gasteiger partial charge in [0, 0.05) is 0 Å². The summed E-state index contributed by atoms with van der Waals surface area (Å²) in [5.74, 6) is 0. The molecule has 0 unspecified atom stereocenters. The summed E-state index contributed by atoms with van der Waals surface area (Å²) >= 11 is 0. The molecule has 1 saturated heterocycles. The average Bonchev–Trinajstić information content (AvgIpc) is 2.39. The minimum Gasteiger partial charge on any atom is -0.317 e. The Labute approximate surface area is 119 Å². The molecule has 1 fully saturated rings. The molecule has 0 atom stereocenters. The molecule has 1 rings (SSSR count). The lowest BCUT2D eigenvalue weighted by atomic mass is 9.71. The van der Waals surface area contributed by atoms with Gasteiger partial charge in [0.1, 0.15) is 0 Å². The second-order valence-corrected chi connectivity index (χ2v) is 6.17. The molecule has 108 valence electrons. The van der Waals surface area contributed by atoms with Crippen molar-refractivity contribution in [1.82, 2.24) is 5.32 Å². The van der Waals surface area contributed by atoms with Gasteiger partial charge in [-0.15, -0.1) is 0 Å². The number of rotatable bonds is 6. The van der Waals surface area contributed by atoms with Gasteiger partial charge >= 0.3 is 0 Å². The van der Waals surface area contributed by atoms with Crippen molar-refractivity contribution in [2.45, 2.75) is 59.8 Å². The summed E-state index contributed by atoms with van der Waals surface area (Å²) in [6, 6.07) is 0. The third-order valence-electron chi connectivity index (χ3n) is 4.69. The molecule has 0 saturated carbocycles. The summed E-state index contributed by atoms with van der Waals surface area (Å²) in [6.45, 7) is 19.6. The number of allylic oxidation sites excluding steroid dienone is 4. The van der Waals surface area contributed by atoms with Crippen LogP contribution in [0, 0.1) is 5.41 Å². The minimum atomic E-state index is 0.490. The van der Waals surface area contributed by atoms with Gasteiger partial charge in [-0.25, -0.2) is 0 Å². The standard InChI is InChI=1S/C18H31N/c1-7-15(5)17(14(3)4)16(6)13-18(8-2)9-11-19-12-10-18/h19H,3,5,7-13H2,1-2,4,6H3/b17-16+. The molecule has 0 aromatic carbocycles. The Morgan fingerprint density at radius 3 is 2.11 bits per heavy atom. The molecule has 0 aromatic rings. The SMILES string of the molecule is C=C(C)/C(C(=C)CC)=C(/C)CC1(CC)CCNCC1. The van der Waals surface area contributed by atoms with Gasteiger partial charge in [0.15, 0.2) is 0 Å². The molecule has 1 aliphatic heterocycles. The number of hydrogen-bond donors (Lipinski definition) is 1. The predicted molar refractivity (Wildman–Crippen MR) is 86.4 cm³/mol. The van der Waals surface area contributed by atoms with E-state index in [0.29, 0.717) is 5.41 Å². The molecule has 1 N–H and O–H groups in total. The minimum absolute atomic E-state index is 0.490. The Morgan fingerprint density at radius 2 is 1.68 bits per heavy atom. The third kappa shape index (κ3) is 4.07. The van der Waals surface area contributed by atoms with Crippen LogP contribution in [-0.2, 0) is 0 Å². The Morgan fingerprint density at radius 1 is 1.11 bits per heavy atom. The topological polar surface area (TPSA) is 12.0 Å². The van der Waals surface area contributed by atoms with Crippen LogP contribution in [0.25, 0.3) is 0 Å². The fraction of sp³-hybridized carbons (Fsp3) is 0.667. The van der Waals surface area contributed by atoms with Crippen LogP contribution >= 0.6 is 0 Å². The molecule has 1 aliphatic rings. The van der Waals surface area contributed by atoms with Gasteiger partial charge in [-0.3, -0.25) is 0 Å². The second-order valence-electron chi connectivity index (χ2n) is 6.17. The molecule has 1 nitrogen and oxygen atoms in total. The largest absolute Gasteiger partial charge is 0.317 e. The summed E-state index contributed by atoms with van der Waals surface area (Å²) < 4.78 is 0. The number of nitrogens with one attached hydrogen (secondary N) is 1. The van der Waals surface area contributed by atoms with E-state index < -0.39 is 0 Å². The summed E-state index contributed by atoms with van der Waals surface area (Å²) in [6.07, 6.45) is 6.08. The van der Waals surface area contributed by atoms with Crippen LogP contribution in [-0.4, -0.2) is 13.1 Å². The molecule has 1 heterocycles. The first-order valence-electron chi connectivity index (χ1n) is 7.70. The third-order valence-corrected chi connectivity index (χ3v) is 4.69. The predicted octanol–water partition coefficient (Wildman–Crippen LogP) is 5.02. The summed E-state index contributed by atoms with van der Waals surface area (Å²) in [4.78, 5) is 0. The van der Waals surface area contributed by atoms with Crippen LogP contribution in [0.4, 0.5) is 0 Å². The van der Waals surface area contributed by atoms with E-state index in [4.69, 9.17) is 0 Å². The Balaban J connectivity index is 2.98. The zero-order valence-corrected chi connectivity index (χ0v) is 13.4. The van der Waals surface area contributed by atoms with Crippen LogP contribution in [0.5, 0.6) is 0 Å². The highest BCUT2D eigenvalue weighted by atomic mass is 14.9. The quantitative estimate of drug-likeness (QED) is 0.662. The lowest BCUT2D eigenvalue weighted by Gasteiger charge is -2.38. The maximum atomic E-state index is 4.23. The van der Waals surface area contributed by atoms with Crippen molar-refractivity contribution in [1.29, 1.82) is 0 Å². The van der Waals surface area contributed by atoms with E-state index >= 15 is 0 Å². The van der Waals surface area contributed by atoms with Crippen LogP contribution in [0.2, 0.25) is 0 Å². The van der Waals surface area contributed by atoms with Gasteiger partial charge in [-0.05, 0) is 69.2 Å². The van der Waals surface area contributed by atoms with Gasteiger partial charge < -0.3 is 5.32 Å². The van der Waals surface area contributed by atoms with E-state index in [2.05, 4.69) is 46.2 Å². The average molecular weight is 261 g/mol. The second kappa shape index (κ2) is 7.09. The first kappa shape index (κ1) is 16.2. The molecule has 0 spiro atoms. The van der Waals surface area contributed by atoms with E-state index in [0.717, 1.165) is 19.5 Å². The zero-order valence-electron chi connectivity index (χ0n) is 13.4. The van der Waals surface area contributed by atoms with E-state index in [9.17, 15) is 0 Å². The van der Waals surface area contributed by atoms with Gasteiger partial charge in [0.2, 0.25) is 0 Å². The van der Waals surface area contributed by atoms with Gasteiger partial charge in [0.05, 0.1) is 0 Å². The van der Waals surface area contributed by atoms with E-state index in [1.165, 1.54) is 48.0 Å². The number of piperidine rings is 1. The number of hydrogen-bond acceptors (Lipinski definition) is 1. The van der Waals surface area contributed by atoms with E-state index in [-0.39, 0.29) is 0 Å². The first-order valence-corrected chi connectivity index (χ1v) is 7.70. The maximum Gasteiger partial charge on any atom is -0.00435 e. The van der Waals surface area contributed by atoms with Crippen molar-refractivity contribution in [3.05, 3.63) is 35.5 Å². The van der Waals surface area contributed by atoms with Crippen LogP contribution < -0.4 is 5.32 Å².